The van der Waals surface area contributed by atoms with Crippen LogP contribution in [-0.2, 0) is 0 Å². The van der Waals surface area contributed by atoms with Crippen molar-refractivity contribution in [2.75, 3.05) is 0 Å². The first-order valence-electron chi connectivity index (χ1n) is 6.90. The van der Waals surface area contributed by atoms with Gasteiger partial charge in [-0.1, -0.05) is 53.9 Å². The molecule has 2 nitrogen and oxygen atoms in total. The number of rotatable bonds is 8. The van der Waals surface area contributed by atoms with Crippen LogP contribution in [0.2, 0.25) is 0 Å². The van der Waals surface area contributed by atoms with Crippen LogP contribution in [0.4, 0.5) is 0 Å². The summed E-state index contributed by atoms with van der Waals surface area (Å²) in [6.45, 7) is 11.4. The Labute approximate surface area is 102 Å². The molecule has 98 valence electrons. The van der Waals surface area contributed by atoms with Gasteiger partial charge >= 0.3 is 0 Å². The summed E-state index contributed by atoms with van der Waals surface area (Å²) < 4.78 is 0. The van der Waals surface area contributed by atoms with Gasteiger partial charge < -0.3 is 0 Å². The van der Waals surface area contributed by atoms with Crippen LogP contribution < -0.4 is 11.3 Å². The van der Waals surface area contributed by atoms with Gasteiger partial charge in [-0.2, -0.15) is 0 Å². The van der Waals surface area contributed by atoms with E-state index in [4.69, 9.17) is 5.84 Å². The van der Waals surface area contributed by atoms with E-state index in [0.717, 1.165) is 5.92 Å². The van der Waals surface area contributed by atoms with Crippen molar-refractivity contribution in [2.45, 2.75) is 79.2 Å². The second-order valence-corrected chi connectivity index (χ2v) is 6.18. The SMILES string of the molecule is CCCCC(CC)C(CCC(C)(C)C)NN. The third-order valence-electron chi connectivity index (χ3n) is 3.44. The predicted octanol–water partition coefficient (Wildman–Crippen LogP) is 3.86. The molecule has 0 aromatic rings. The molecule has 0 aliphatic heterocycles. The van der Waals surface area contributed by atoms with Crippen LogP contribution >= 0.6 is 0 Å². The zero-order valence-corrected chi connectivity index (χ0v) is 12.0. The Balaban J connectivity index is 4.11. The van der Waals surface area contributed by atoms with Gasteiger partial charge in [0.1, 0.15) is 0 Å². The van der Waals surface area contributed by atoms with Gasteiger partial charge in [-0.25, -0.2) is 0 Å². The van der Waals surface area contributed by atoms with Crippen LogP contribution in [0.3, 0.4) is 0 Å². The van der Waals surface area contributed by atoms with Gasteiger partial charge in [0, 0.05) is 6.04 Å². The van der Waals surface area contributed by atoms with Crippen LogP contribution in [-0.4, -0.2) is 6.04 Å². The fourth-order valence-electron chi connectivity index (χ4n) is 2.20. The summed E-state index contributed by atoms with van der Waals surface area (Å²) in [4.78, 5) is 0. The van der Waals surface area contributed by atoms with Crippen molar-refractivity contribution < 1.29 is 0 Å². The lowest BCUT2D eigenvalue weighted by Crippen LogP contribution is -2.41. The van der Waals surface area contributed by atoms with Gasteiger partial charge in [-0.15, -0.1) is 0 Å². The van der Waals surface area contributed by atoms with Crippen molar-refractivity contribution in [3.8, 4) is 0 Å². The Morgan fingerprint density at radius 1 is 1.12 bits per heavy atom. The molecule has 0 heterocycles. The van der Waals surface area contributed by atoms with Gasteiger partial charge in [0.05, 0.1) is 0 Å². The summed E-state index contributed by atoms with van der Waals surface area (Å²) in [5.41, 5.74) is 3.45. The van der Waals surface area contributed by atoms with Crippen molar-refractivity contribution in [1.82, 2.24) is 5.43 Å². The molecular weight excluding hydrogens is 196 g/mol. The Morgan fingerprint density at radius 3 is 2.12 bits per heavy atom. The summed E-state index contributed by atoms with van der Waals surface area (Å²) in [6, 6.07) is 0.496. The van der Waals surface area contributed by atoms with Crippen molar-refractivity contribution in [2.24, 2.45) is 17.2 Å². The maximum atomic E-state index is 5.70. The monoisotopic (exact) mass is 228 g/mol. The first kappa shape index (κ1) is 15.9. The predicted molar refractivity (Wildman–Crippen MR) is 73.1 cm³/mol. The fourth-order valence-corrected chi connectivity index (χ4v) is 2.20. The zero-order valence-electron chi connectivity index (χ0n) is 12.0. The Bertz CT molecular complexity index is 161. The molecule has 0 fully saturated rings. The lowest BCUT2D eigenvalue weighted by atomic mass is 9.83. The molecule has 0 spiro atoms. The molecule has 0 bridgehead atoms. The maximum Gasteiger partial charge on any atom is 0.0238 e. The quantitative estimate of drug-likeness (QED) is 0.489. The highest BCUT2D eigenvalue weighted by Crippen LogP contribution is 2.26. The molecule has 0 saturated heterocycles. The first-order chi connectivity index (χ1) is 7.44. The lowest BCUT2D eigenvalue weighted by molar-refractivity contribution is 0.261. The molecule has 0 amide bonds. The molecule has 0 aliphatic rings. The van der Waals surface area contributed by atoms with E-state index in [9.17, 15) is 0 Å². The standard InChI is InChI=1S/C14H32N2/c1-6-8-9-12(7-2)13(16-15)10-11-14(3,4)5/h12-13,16H,6-11,15H2,1-5H3. The van der Waals surface area contributed by atoms with Gasteiger partial charge in [0.25, 0.3) is 0 Å². The molecular formula is C14H32N2. The van der Waals surface area contributed by atoms with Crippen molar-refractivity contribution in [3.63, 3.8) is 0 Å². The fraction of sp³-hybridized carbons (Fsp3) is 1.00. The molecule has 0 radical (unpaired) electrons. The van der Waals surface area contributed by atoms with Gasteiger partial charge in [0.2, 0.25) is 0 Å². The number of nitrogens with one attached hydrogen (secondary N) is 1. The maximum absolute atomic E-state index is 5.70. The van der Waals surface area contributed by atoms with E-state index < -0.39 is 0 Å². The van der Waals surface area contributed by atoms with Crippen LogP contribution in [0, 0.1) is 11.3 Å². The Hall–Kier alpha value is -0.0800. The van der Waals surface area contributed by atoms with E-state index in [0.29, 0.717) is 11.5 Å². The van der Waals surface area contributed by atoms with E-state index in [-0.39, 0.29) is 0 Å². The highest BCUT2D eigenvalue weighted by Gasteiger charge is 2.20. The molecule has 2 unspecified atom stereocenters. The van der Waals surface area contributed by atoms with Crippen LogP contribution in [0.1, 0.15) is 73.1 Å². The summed E-state index contributed by atoms with van der Waals surface area (Å²) in [6.07, 6.45) is 7.59. The molecule has 0 rings (SSSR count). The lowest BCUT2D eigenvalue weighted by Gasteiger charge is -2.28. The summed E-state index contributed by atoms with van der Waals surface area (Å²) in [5, 5.41) is 0. The minimum absolute atomic E-state index is 0.415. The molecule has 0 aliphatic carbocycles. The molecule has 0 saturated carbocycles. The average Bonchev–Trinajstić information content (AvgIpc) is 2.21. The molecule has 2 heteroatoms. The van der Waals surface area contributed by atoms with E-state index >= 15 is 0 Å². The van der Waals surface area contributed by atoms with Gasteiger partial charge in [-0.3, -0.25) is 11.3 Å². The topological polar surface area (TPSA) is 38.0 Å². The van der Waals surface area contributed by atoms with Crippen LogP contribution in [0.5, 0.6) is 0 Å². The Morgan fingerprint density at radius 2 is 1.75 bits per heavy atom. The minimum atomic E-state index is 0.415. The van der Waals surface area contributed by atoms with E-state index in [1.807, 2.05) is 0 Å². The molecule has 2 atom stereocenters. The van der Waals surface area contributed by atoms with Gasteiger partial charge in [-0.05, 0) is 30.6 Å². The summed E-state index contributed by atoms with van der Waals surface area (Å²) in [5.74, 6) is 6.44. The number of unbranched alkanes of at least 4 members (excludes halogenated alkanes) is 1. The van der Waals surface area contributed by atoms with Crippen molar-refractivity contribution in [1.29, 1.82) is 0 Å². The number of hydrogen-bond acceptors (Lipinski definition) is 2. The molecule has 3 N–H and O–H groups in total. The second kappa shape index (κ2) is 8.08. The third kappa shape index (κ3) is 7.24. The molecule has 0 aromatic heterocycles. The third-order valence-corrected chi connectivity index (χ3v) is 3.44. The van der Waals surface area contributed by atoms with Crippen LogP contribution in [0.25, 0.3) is 0 Å². The largest absolute Gasteiger partial charge is 0.271 e. The molecule has 0 aromatic carbocycles. The van der Waals surface area contributed by atoms with E-state index in [1.165, 1.54) is 38.5 Å². The number of hydrogen-bond donors (Lipinski definition) is 2. The first-order valence-corrected chi connectivity index (χ1v) is 6.90. The average molecular weight is 228 g/mol. The Kier molecular flexibility index (Phi) is 8.04. The summed E-state index contributed by atoms with van der Waals surface area (Å²) in [7, 11) is 0. The van der Waals surface area contributed by atoms with Crippen LogP contribution in [0.15, 0.2) is 0 Å². The molecule has 16 heavy (non-hydrogen) atoms. The smallest absolute Gasteiger partial charge is 0.0238 e. The normalized spacial score (nSPS) is 16.1. The van der Waals surface area contributed by atoms with Crippen molar-refractivity contribution >= 4 is 0 Å². The van der Waals surface area contributed by atoms with E-state index in [1.54, 1.807) is 0 Å². The van der Waals surface area contributed by atoms with Gasteiger partial charge in [0.15, 0.2) is 0 Å². The second-order valence-electron chi connectivity index (χ2n) is 6.18. The summed E-state index contributed by atoms with van der Waals surface area (Å²) >= 11 is 0. The minimum Gasteiger partial charge on any atom is -0.271 e. The van der Waals surface area contributed by atoms with E-state index in [2.05, 4.69) is 40.0 Å². The highest BCUT2D eigenvalue weighted by atomic mass is 15.2. The zero-order chi connectivity index (χ0) is 12.6. The number of hydrazine groups is 1. The highest BCUT2D eigenvalue weighted by molar-refractivity contribution is 4.76. The number of nitrogens with two attached hydrogens (primary N) is 1. The van der Waals surface area contributed by atoms with Crippen molar-refractivity contribution in [3.05, 3.63) is 0 Å².